The van der Waals surface area contributed by atoms with E-state index in [9.17, 15) is 4.79 Å². The van der Waals surface area contributed by atoms with Gasteiger partial charge in [0, 0.05) is 20.9 Å². The number of rotatable bonds is 9. The molecule has 0 aliphatic carbocycles. The zero-order chi connectivity index (χ0) is 19.0. The van der Waals surface area contributed by atoms with Gasteiger partial charge in [-0.3, -0.25) is 0 Å². The number of hydrogen-bond donors (Lipinski definition) is 1. The maximum absolute atomic E-state index is 12.2. The van der Waals surface area contributed by atoms with Gasteiger partial charge >= 0.3 is 5.97 Å². The zero-order valence-electron chi connectivity index (χ0n) is 15.4. The van der Waals surface area contributed by atoms with Gasteiger partial charge in [0.1, 0.15) is 19.6 Å². The number of nitrogens with zero attached hydrogens (tertiary/aromatic N) is 3. The minimum absolute atomic E-state index is 0.143. The fraction of sp³-hybridized carbons (Fsp3) is 0.389. The van der Waals surface area contributed by atoms with Crippen LogP contribution < -0.4 is 0 Å². The molecular weight excluding hydrogens is 350 g/mol. The summed E-state index contributed by atoms with van der Waals surface area (Å²) in [5.41, 5.74) is 1.04. The number of esters is 1. The number of hydrogen-bond acceptors (Lipinski definition) is 6. The van der Waals surface area contributed by atoms with Crippen molar-refractivity contribution in [1.29, 1.82) is 0 Å². The quantitative estimate of drug-likeness (QED) is 0.181. The average Bonchev–Trinajstić information content (AvgIpc) is 3.00. The molecule has 0 fully saturated rings. The molecule has 0 atom stereocenters. The van der Waals surface area contributed by atoms with E-state index in [1.807, 2.05) is 30.3 Å². The third-order valence-electron chi connectivity index (χ3n) is 3.63. The molecule has 0 radical (unpaired) electrons. The van der Waals surface area contributed by atoms with Crippen LogP contribution in [0.1, 0.15) is 21.9 Å². The van der Waals surface area contributed by atoms with Crippen LogP contribution in [0.2, 0.25) is 25.7 Å². The van der Waals surface area contributed by atoms with Crippen LogP contribution in [0.25, 0.3) is 0 Å². The molecule has 2 aromatic rings. The lowest BCUT2D eigenvalue weighted by atomic mass is 10.2. The van der Waals surface area contributed by atoms with Gasteiger partial charge in [-0.2, -0.15) is 0 Å². The highest BCUT2D eigenvalue weighted by Gasteiger charge is 2.16. The Morgan fingerprint density at radius 3 is 2.69 bits per heavy atom. The van der Waals surface area contributed by atoms with Gasteiger partial charge in [0.25, 0.3) is 0 Å². The second kappa shape index (κ2) is 9.30. The molecule has 1 heterocycles. The maximum Gasteiger partial charge on any atom is 0.358 e. The SMILES string of the molecule is C[Si](C)(C)CCOCn1cc(C(=O)OCc2ccccc2)nc1C=NO. The molecule has 0 unspecified atom stereocenters. The zero-order valence-corrected chi connectivity index (χ0v) is 16.4. The predicted molar refractivity (Wildman–Crippen MR) is 101 cm³/mol. The van der Waals surface area contributed by atoms with E-state index in [4.69, 9.17) is 14.7 Å². The van der Waals surface area contributed by atoms with E-state index in [-0.39, 0.29) is 19.0 Å². The minimum Gasteiger partial charge on any atom is -0.456 e. The van der Waals surface area contributed by atoms with Crippen molar-refractivity contribution in [2.45, 2.75) is 39.0 Å². The summed E-state index contributed by atoms with van der Waals surface area (Å²) in [6, 6.07) is 10.5. The molecule has 0 aliphatic heterocycles. The third-order valence-corrected chi connectivity index (χ3v) is 5.33. The maximum atomic E-state index is 12.2. The van der Waals surface area contributed by atoms with Crippen LogP contribution in [0.15, 0.2) is 41.7 Å². The third kappa shape index (κ3) is 6.45. The van der Waals surface area contributed by atoms with Crippen molar-refractivity contribution in [1.82, 2.24) is 9.55 Å². The Morgan fingerprint density at radius 2 is 2.04 bits per heavy atom. The van der Waals surface area contributed by atoms with E-state index in [1.165, 1.54) is 0 Å². The number of carbonyl (C=O) groups excluding carboxylic acids is 1. The number of benzene rings is 1. The van der Waals surface area contributed by atoms with Crippen molar-refractivity contribution in [3.63, 3.8) is 0 Å². The van der Waals surface area contributed by atoms with Crippen LogP contribution >= 0.6 is 0 Å². The van der Waals surface area contributed by atoms with Crippen molar-refractivity contribution in [2.75, 3.05) is 6.61 Å². The second-order valence-corrected chi connectivity index (χ2v) is 12.7. The monoisotopic (exact) mass is 375 g/mol. The lowest BCUT2D eigenvalue weighted by Gasteiger charge is -2.15. The first-order chi connectivity index (χ1) is 12.4. The van der Waals surface area contributed by atoms with Crippen LogP contribution in [0.4, 0.5) is 0 Å². The molecule has 0 bridgehead atoms. The Bertz CT molecular complexity index is 739. The summed E-state index contributed by atoms with van der Waals surface area (Å²) >= 11 is 0. The molecule has 0 amide bonds. The van der Waals surface area contributed by atoms with Crippen molar-refractivity contribution in [2.24, 2.45) is 5.16 Å². The molecular formula is C18H25N3O4Si. The highest BCUT2D eigenvalue weighted by Crippen LogP contribution is 2.10. The van der Waals surface area contributed by atoms with Crippen LogP contribution in [0.3, 0.4) is 0 Å². The van der Waals surface area contributed by atoms with Gasteiger partial charge < -0.3 is 19.2 Å². The standard InChI is InChI=1S/C18H25N3O4Si/c1-26(2,3)10-9-24-14-21-12-16(20-17(21)11-19-23)18(22)25-13-15-7-5-4-6-8-15/h4-8,11-12,23H,9-10,13-14H2,1-3H3. The van der Waals surface area contributed by atoms with Gasteiger partial charge in [0.15, 0.2) is 11.5 Å². The molecule has 0 saturated carbocycles. The molecule has 2 rings (SSSR count). The summed E-state index contributed by atoms with van der Waals surface area (Å²) in [6.07, 6.45) is 2.70. The lowest BCUT2D eigenvalue weighted by Crippen LogP contribution is -2.22. The predicted octanol–water partition coefficient (Wildman–Crippen LogP) is 3.36. The molecule has 140 valence electrons. The van der Waals surface area contributed by atoms with Crippen molar-refractivity contribution in [3.8, 4) is 0 Å². The van der Waals surface area contributed by atoms with Crippen LogP contribution in [0, 0.1) is 0 Å². The topological polar surface area (TPSA) is 85.9 Å². The Morgan fingerprint density at radius 1 is 1.31 bits per heavy atom. The van der Waals surface area contributed by atoms with E-state index >= 15 is 0 Å². The van der Waals surface area contributed by atoms with E-state index < -0.39 is 14.0 Å². The van der Waals surface area contributed by atoms with Gasteiger partial charge in [-0.25, -0.2) is 9.78 Å². The van der Waals surface area contributed by atoms with E-state index in [1.54, 1.807) is 10.8 Å². The molecule has 0 aliphatic rings. The Labute approximate surface area is 154 Å². The van der Waals surface area contributed by atoms with Gasteiger partial charge in [0.05, 0.1) is 0 Å². The number of aromatic nitrogens is 2. The summed E-state index contributed by atoms with van der Waals surface area (Å²) < 4.78 is 12.6. The largest absolute Gasteiger partial charge is 0.456 e. The highest BCUT2D eigenvalue weighted by atomic mass is 28.3. The first-order valence-corrected chi connectivity index (χ1v) is 12.1. The van der Waals surface area contributed by atoms with Crippen molar-refractivity contribution >= 4 is 20.3 Å². The second-order valence-electron chi connectivity index (χ2n) is 7.11. The van der Waals surface area contributed by atoms with E-state index in [0.29, 0.717) is 12.4 Å². The van der Waals surface area contributed by atoms with Gasteiger partial charge in [-0.1, -0.05) is 55.1 Å². The number of carbonyl (C=O) groups is 1. The summed E-state index contributed by atoms with van der Waals surface area (Å²) in [5.74, 6) is -0.213. The molecule has 1 aromatic heterocycles. The molecule has 1 aromatic carbocycles. The molecule has 0 saturated heterocycles. The van der Waals surface area contributed by atoms with Crippen LogP contribution in [-0.4, -0.2) is 41.6 Å². The summed E-state index contributed by atoms with van der Waals surface area (Å²) in [6.45, 7) is 7.86. The first kappa shape index (κ1) is 19.9. The molecule has 0 spiro atoms. The van der Waals surface area contributed by atoms with Crippen molar-refractivity contribution < 1.29 is 19.5 Å². The molecule has 1 N–H and O–H groups in total. The Hall–Kier alpha value is -2.45. The lowest BCUT2D eigenvalue weighted by molar-refractivity contribution is 0.0465. The molecule has 8 heteroatoms. The van der Waals surface area contributed by atoms with Crippen LogP contribution in [0.5, 0.6) is 0 Å². The van der Waals surface area contributed by atoms with Gasteiger partial charge in [-0.15, -0.1) is 0 Å². The number of oxime groups is 1. The average molecular weight is 376 g/mol. The smallest absolute Gasteiger partial charge is 0.358 e. The highest BCUT2D eigenvalue weighted by molar-refractivity contribution is 6.76. The fourth-order valence-electron chi connectivity index (χ4n) is 2.12. The van der Waals surface area contributed by atoms with Crippen LogP contribution in [-0.2, 0) is 22.8 Å². The van der Waals surface area contributed by atoms with E-state index in [2.05, 4.69) is 29.8 Å². The van der Waals surface area contributed by atoms with Gasteiger partial charge in [-0.05, 0) is 11.6 Å². The van der Waals surface area contributed by atoms with Crippen molar-refractivity contribution in [3.05, 3.63) is 53.6 Å². The Balaban J connectivity index is 1.97. The summed E-state index contributed by atoms with van der Waals surface area (Å²) in [7, 11) is -1.17. The molecule has 26 heavy (non-hydrogen) atoms. The summed E-state index contributed by atoms with van der Waals surface area (Å²) in [4.78, 5) is 16.4. The summed E-state index contributed by atoms with van der Waals surface area (Å²) in [5, 5.41) is 11.8. The fourth-order valence-corrected chi connectivity index (χ4v) is 2.88. The normalized spacial score (nSPS) is 11.8. The first-order valence-electron chi connectivity index (χ1n) is 8.42. The van der Waals surface area contributed by atoms with E-state index in [0.717, 1.165) is 17.8 Å². The Kier molecular flexibility index (Phi) is 7.11. The number of ether oxygens (including phenoxy) is 2. The van der Waals surface area contributed by atoms with Gasteiger partial charge in [0.2, 0.25) is 0 Å². The molecule has 7 nitrogen and oxygen atoms in total. The minimum atomic E-state index is -1.17. The number of imidazole rings is 1.